The summed E-state index contributed by atoms with van der Waals surface area (Å²) in [6, 6.07) is 3.47. The van der Waals surface area contributed by atoms with Crippen LogP contribution in [0.5, 0.6) is 11.5 Å². The molecule has 5 nitrogen and oxygen atoms in total. The number of allylic oxidation sites excluding steroid dienone is 4. The molecule has 0 heterocycles. The largest absolute Gasteiger partial charge is 0.508 e. The number of unbranched alkanes of at least 4 members (excludes halogenated alkanes) is 2. The van der Waals surface area contributed by atoms with Gasteiger partial charge in [0, 0.05) is 12.0 Å². The van der Waals surface area contributed by atoms with Gasteiger partial charge in [-0.25, -0.2) is 4.79 Å². The quantitative estimate of drug-likeness (QED) is 0.384. The maximum absolute atomic E-state index is 11.6. The highest BCUT2D eigenvalue weighted by atomic mass is 16.4. The van der Waals surface area contributed by atoms with Gasteiger partial charge in [-0.05, 0) is 70.9 Å². The van der Waals surface area contributed by atoms with Crippen LogP contribution in [0.4, 0.5) is 0 Å². The molecular formula is C22H29NO4. The molecule has 0 aliphatic heterocycles. The zero-order valence-corrected chi connectivity index (χ0v) is 16.4. The molecular weight excluding hydrogens is 342 g/mol. The fraction of sp³-hybridized carbons (Fsp3) is 0.455. The standard InChI is InChI=1S/C22H29NO4/c1-15(2)8-7-9-16(3)11-12-18-19(24)14-17(10-5-4-6-13-23)20(21(18)25)22(26)27/h8,11,14,24-25H,4-7,9-10,12H2,1-3H3,(H,26,27). The van der Waals surface area contributed by atoms with Gasteiger partial charge in [-0.1, -0.05) is 23.3 Å². The lowest BCUT2D eigenvalue weighted by Gasteiger charge is -2.14. The van der Waals surface area contributed by atoms with Crippen LogP contribution in [0.2, 0.25) is 0 Å². The van der Waals surface area contributed by atoms with Gasteiger partial charge < -0.3 is 15.3 Å². The smallest absolute Gasteiger partial charge is 0.339 e. The van der Waals surface area contributed by atoms with E-state index in [1.54, 1.807) is 0 Å². The fourth-order valence-electron chi connectivity index (χ4n) is 2.87. The van der Waals surface area contributed by atoms with Crippen LogP contribution in [0.25, 0.3) is 0 Å². The summed E-state index contributed by atoms with van der Waals surface area (Å²) in [7, 11) is 0. The summed E-state index contributed by atoms with van der Waals surface area (Å²) < 4.78 is 0. The Morgan fingerprint density at radius 1 is 1.19 bits per heavy atom. The average Bonchev–Trinajstić information content (AvgIpc) is 2.57. The molecule has 1 aromatic rings. The molecule has 0 aromatic heterocycles. The number of aryl methyl sites for hydroxylation is 1. The number of aromatic hydroxyl groups is 2. The Morgan fingerprint density at radius 2 is 1.89 bits per heavy atom. The predicted molar refractivity (Wildman–Crippen MR) is 106 cm³/mol. The molecule has 3 N–H and O–H groups in total. The average molecular weight is 371 g/mol. The number of carbonyl (C=O) groups is 1. The third kappa shape index (κ3) is 7.18. The van der Waals surface area contributed by atoms with Crippen LogP contribution in [-0.2, 0) is 12.8 Å². The van der Waals surface area contributed by atoms with E-state index in [9.17, 15) is 20.1 Å². The summed E-state index contributed by atoms with van der Waals surface area (Å²) in [5.74, 6) is -1.68. The van der Waals surface area contributed by atoms with E-state index in [1.165, 1.54) is 11.6 Å². The molecule has 0 unspecified atom stereocenters. The molecule has 0 aliphatic carbocycles. The van der Waals surface area contributed by atoms with Gasteiger partial charge in [0.25, 0.3) is 0 Å². The van der Waals surface area contributed by atoms with Gasteiger partial charge in [0.15, 0.2) is 0 Å². The first kappa shape index (κ1) is 22.3. The Hall–Kier alpha value is -2.74. The van der Waals surface area contributed by atoms with Crippen molar-refractivity contribution in [3.63, 3.8) is 0 Å². The molecule has 0 amide bonds. The van der Waals surface area contributed by atoms with E-state index in [4.69, 9.17) is 5.26 Å². The van der Waals surface area contributed by atoms with Gasteiger partial charge in [0.2, 0.25) is 0 Å². The van der Waals surface area contributed by atoms with Crippen molar-refractivity contribution in [3.8, 4) is 17.6 Å². The summed E-state index contributed by atoms with van der Waals surface area (Å²) >= 11 is 0. The minimum atomic E-state index is -1.21. The van der Waals surface area contributed by atoms with Crippen molar-refractivity contribution in [3.05, 3.63) is 46.1 Å². The number of nitriles is 1. The van der Waals surface area contributed by atoms with E-state index in [2.05, 4.69) is 6.08 Å². The van der Waals surface area contributed by atoms with E-state index in [-0.39, 0.29) is 29.0 Å². The molecule has 1 rings (SSSR count). The molecule has 5 heteroatoms. The minimum absolute atomic E-state index is 0.0962. The first-order valence-corrected chi connectivity index (χ1v) is 9.23. The number of phenols is 2. The molecule has 0 aliphatic rings. The molecule has 27 heavy (non-hydrogen) atoms. The Labute approximate surface area is 161 Å². The van der Waals surface area contributed by atoms with Crippen LogP contribution >= 0.6 is 0 Å². The van der Waals surface area contributed by atoms with Gasteiger partial charge in [-0.15, -0.1) is 0 Å². The Morgan fingerprint density at radius 3 is 2.48 bits per heavy atom. The molecule has 0 saturated carbocycles. The van der Waals surface area contributed by atoms with Crippen LogP contribution in [0.1, 0.15) is 74.4 Å². The summed E-state index contributed by atoms with van der Waals surface area (Å²) in [6.45, 7) is 6.07. The summed E-state index contributed by atoms with van der Waals surface area (Å²) in [5.41, 5.74) is 2.84. The third-order valence-corrected chi connectivity index (χ3v) is 4.41. The SMILES string of the molecule is CC(C)=CCCC(C)=CCc1c(O)cc(CCCCC#N)c(C(=O)O)c1O. The topological polar surface area (TPSA) is 102 Å². The number of phenolic OH excluding ortho intramolecular Hbond substituents is 1. The molecule has 0 saturated heterocycles. The normalized spacial score (nSPS) is 11.1. The van der Waals surface area contributed by atoms with Gasteiger partial charge >= 0.3 is 5.97 Å². The van der Waals surface area contributed by atoms with Crippen molar-refractivity contribution in [1.82, 2.24) is 0 Å². The maximum Gasteiger partial charge on any atom is 0.339 e. The highest BCUT2D eigenvalue weighted by molar-refractivity contribution is 5.93. The fourth-order valence-corrected chi connectivity index (χ4v) is 2.87. The van der Waals surface area contributed by atoms with Crippen LogP contribution < -0.4 is 0 Å². The summed E-state index contributed by atoms with van der Waals surface area (Å²) in [4.78, 5) is 11.6. The van der Waals surface area contributed by atoms with E-state index in [0.29, 0.717) is 31.2 Å². The lowest BCUT2D eigenvalue weighted by molar-refractivity contribution is 0.0692. The van der Waals surface area contributed by atoms with Gasteiger partial charge in [0.1, 0.15) is 17.1 Å². The molecule has 146 valence electrons. The van der Waals surface area contributed by atoms with E-state index in [0.717, 1.165) is 18.4 Å². The monoisotopic (exact) mass is 371 g/mol. The first-order valence-electron chi connectivity index (χ1n) is 9.23. The molecule has 0 fully saturated rings. The number of carboxylic acids is 1. The summed E-state index contributed by atoms with van der Waals surface area (Å²) in [6.07, 6.45) is 8.18. The van der Waals surface area contributed by atoms with Crippen LogP contribution in [0.15, 0.2) is 29.4 Å². The van der Waals surface area contributed by atoms with Crippen molar-refractivity contribution < 1.29 is 20.1 Å². The molecule has 0 bridgehead atoms. The lowest BCUT2D eigenvalue weighted by atomic mass is 9.95. The zero-order valence-electron chi connectivity index (χ0n) is 16.4. The van der Waals surface area contributed by atoms with Crippen LogP contribution in [0.3, 0.4) is 0 Å². The Kier molecular flexibility index (Phi) is 9.15. The van der Waals surface area contributed by atoms with E-state index < -0.39 is 5.97 Å². The first-order chi connectivity index (χ1) is 12.8. The highest BCUT2D eigenvalue weighted by Crippen LogP contribution is 2.35. The summed E-state index contributed by atoms with van der Waals surface area (Å²) in [5, 5.41) is 38.8. The second-order valence-electron chi connectivity index (χ2n) is 7.00. The van der Waals surface area contributed by atoms with Crippen LogP contribution in [-0.4, -0.2) is 21.3 Å². The number of hydrogen-bond donors (Lipinski definition) is 3. The van der Waals surface area contributed by atoms with E-state index >= 15 is 0 Å². The molecule has 0 spiro atoms. The number of nitrogens with zero attached hydrogens (tertiary/aromatic N) is 1. The van der Waals surface area contributed by atoms with Crippen molar-refractivity contribution >= 4 is 5.97 Å². The highest BCUT2D eigenvalue weighted by Gasteiger charge is 2.21. The van der Waals surface area contributed by atoms with E-state index in [1.807, 2.05) is 32.9 Å². The Balaban J connectivity index is 3.01. The van der Waals surface area contributed by atoms with Crippen molar-refractivity contribution in [2.24, 2.45) is 0 Å². The number of hydrogen-bond acceptors (Lipinski definition) is 4. The maximum atomic E-state index is 11.6. The third-order valence-electron chi connectivity index (χ3n) is 4.41. The second kappa shape index (κ2) is 11.1. The minimum Gasteiger partial charge on any atom is -0.508 e. The number of aromatic carboxylic acids is 1. The molecule has 0 atom stereocenters. The van der Waals surface area contributed by atoms with Gasteiger partial charge in [0.05, 0.1) is 6.07 Å². The molecule has 0 radical (unpaired) electrons. The van der Waals surface area contributed by atoms with Gasteiger partial charge in [-0.3, -0.25) is 0 Å². The number of rotatable bonds is 10. The molecule has 1 aromatic carbocycles. The van der Waals surface area contributed by atoms with Crippen molar-refractivity contribution in [1.29, 1.82) is 5.26 Å². The van der Waals surface area contributed by atoms with Crippen LogP contribution in [0, 0.1) is 11.3 Å². The second-order valence-corrected chi connectivity index (χ2v) is 7.00. The van der Waals surface area contributed by atoms with Crippen molar-refractivity contribution in [2.45, 2.75) is 65.7 Å². The lowest BCUT2D eigenvalue weighted by Crippen LogP contribution is -2.05. The van der Waals surface area contributed by atoms with Gasteiger partial charge in [-0.2, -0.15) is 5.26 Å². The number of carboxylic acid groups (broad SMARTS) is 1. The zero-order chi connectivity index (χ0) is 20.4. The van der Waals surface area contributed by atoms with Crippen molar-refractivity contribution in [2.75, 3.05) is 0 Å². The number of benzene rings is 1. The Bertz CT molecular complexity index is 765. The predicted octanol–water partition coefficient (Wildman–Crippen LogP) is 5.27.